The van der Waals surface area contributed by atoms with Gasteiger partial charge >= 0.3 is 5.97 Å². The van der Waals surface area contributed by atoms with Crippen LogP contribution in [0.4, 0.5) is 20.2 Å². The summed E-state index contributed by atoms with van der Waals surface area (Å²) in [5, 5.41) is 12.9. The summed E-state index contributed by atoms with van der Waals surface area (Å²) in [5.41, 5.74) is -1.18. The number of benzene rings is 1. The van der Waals surface area contributed by atoms with Gasteiger partial charge in [-0.25, -0.2) is 8.78 Å². The van der Waals surface area contributed by atoms with E-state index in [1.807, 2.05) is 0 Å². The predicted molar refractivity (Wildman–Crippen MR) is 58.1 cm³/mol. The van der Waals surface area contributed by atoms with E-state index < -0.39 is 33.9 Å². The van der Waals surface area contributed by atoms with Crippen molar-refractivity contribution >= 4 is 17.3 Å². The van der Waals surface area contributed by atoms with Crippen molar-refractivity contribution in [1.82, 2.24) is 0 Å². The first-order valence-electron chi connectivity index (χ1n) is 4.90. The molecule has 0 atom stereocenters. The SMILES string of the molecule is COC(=O)CCNc1c([N+](=O)[O-])ccc(F)c1F. The summed E-state index contributed by atoms with van der Waals surface area (Å²) in [4.78, 5) is 20.6. The Morgan fingerprint density at radius 3 is 2.72 bits per heavy atom. The predicted octanol–water partition coefficient (Wildman–Crippen LogP) is 1.85. The van der Waals surface area contributed by atoms with Gasteiger partial charge in [0.15, 0.2) is 17.3 Å². The minimum absolute atomic E-state index is 0.103. The minimum Gasteiger partial charge on any atom is -0.469 e. The molecule has 1 aromatic carbocycles. The lowest BCUT2D eigenvalue weighted by Crippen LogP contribution is -2.12. The number of rotatable bonds is 5. The molecule has 0 saturated heterocycles. The van der Waals surface area contributed by atoms with Gasteiger partial charge < -0.3 is 10.1 Å². The van der Waals surface area contributed by atoms with Gasteiger partial charge in [0, 0.05) is 12.6 Å². The molecular formula is C10H10F2N2O4. The van der Waals surface area contributed by atoms with Gasteiger partial charge in [0.2, 0.25) is 0 Å². The number of nitro groups is 1. The first-order valence-corrected chi connectivity index (χ1v) is 4.90. The number of hydrogen-bond acceptors (Lipinski definition) is 5. The molecule has 0 aliphatic carbocycles. The molecule has 0 spiro atoms. The van der Waals surface area contributed by atoms with Crippen molar-refractivity contribution in [1.29, 1.82) is 0 Å². The van der Waals surface area contributed by atoms with Crippen LogP contribution in [-0.4, -0.2) is 24.5 Å². The molecule has 0 unspecified atom stereocenters. The molecular weight excluding hydrogens is 250 g/mol. The Kier molecular flexibility index (Phi) is 4.52. The van der Waals surface area contributed by atoms with Crippen LogP contribution in [0, 0.1) is 21.7 Å². The third-order valence-electron chi connectivity index (χ3n) is 2.13. The number of esters is 1. The number of nitro benzene ring substituents is 1. The summed E-state index contributed by atoms with van der Waals surface area (Å²) in [5.74, 6) is -3.13. The lowest BCUT2D eigenvalue weighted by molar-refractivity contribution is -0.384. The van der Waals surface area contributed by atoms with Crippen LogP contribution in [0.5, 0.6) is 0 Å². The van der Waals surface area contributed by atoms with Crippen molar-refractivity contribution in [2.45, 2.75) is 6.42 Å². The number of halogens is 2. The summed E-state index contributed by atoms with van der Waals surface area (Å²) < 4.78 is 30.7. The maximum Gasteiger partial charge on any atom is 0.307 e. The van der Waals surface area contributed by atoms with Gasteiger partial charge in [0.05, 0.1) is 18.5 Å². The molecule has 0 saturated carbocycles. The van der Waals surface area contributed by atoms with Crippen molar-refractivity contribution in [2.75, 3.05) is 19.0 Å². The second kappa shape index (κ2) is 5.89. The van der Waals surface area contributed by atoms with Crippen LogP contribution in [0.3, 0.4) is 0 Å². The number of carbonyl (C=O) groups is 1. The van der Waals surface area contributed by atoms with Gasteiger partial charge in [-0.3, -0.25) is 14.9 Å². The van der Waals surface area contributed by atoms with E-state index in [4.69, 9.17) is 0 Å². The smallest absolute Gasteiger partial charge is 0.307 e. The van der Waals surface area contributed by atoms with E-state index in [1.54, 1.807) is 0 Å². The fourth-order valence-corrected chi connectivity index (χ4v) is 1.25. The third kappa shape index (κ3) is 3.12. The van der Waals surface area contributed by atoms with Gasteiger partial charge in [-0.2, -0.15) is 0 Å². The Bertz CT molecular complexity index is 479. The maximum absolute atomic E-state index is 13.4. The van der Waals surface area contributed by atoms with Gasteiger partial charge in [0.25, 0.3) is 5.69 Å². The molecule has 8 heteroatoms. The molecule has 0 aliphatic heterocycles. The van der Waals surface area contributed by atoms with E-state index in [0.29, 0.717) is 6.07 Å². The van der Waals surface area contributed by atoms with Crippen LogP contribution in [0.1, 0.15) is 6.42 Å². The Balaban J connectivity index is 2.89. The van der Waals surface area contributed by atoms with E-state index in [-0.39, 0.29) is 13.0 Å². The van der Waals surface area contributed by atoms with Gasteiger partial charge in [-0.05, 0) is 6.07 Å². The highest BCUT2D eigenvalue weighted by molar-refractivity contribution is 5.70. The quantitative estimate of drug-likeness (QED) is 0.496. The Morgan fingerprint density at radius 2 is 2.17 bits per heavy atom. The van der Waals surface area contributed by atoms with Gasteiger partial charge in [-0.15, -0.1) is 0 Å². The number of hydrogen-bond donors (Lipinski definition) is 1. The summed E-state index contributed by atoms with van der Waals surface area (Å²) >= 11 is 0. The van der Waals surface area contributed by atoms with Crippen LogP contribution in [0.2, 0.25) is 0 Å². The molecule has 0 aromatic heterocycles. The fraction of sp³-hybridized carbons (Fsp3) is 0.300. The van der Waals surface area contributed by atoms with Crippen LogP contribution >= 0.6 is 0 Å². The molecule has 18 heavy (non-hydrogen) atoms. The second-order valence-corrected chi connectivity index (χ2v) is 3.27. The molecule has 0 radical (unpaired) electrons. The van der Waals surface area contributed by atoms with Crippen molar-refractivity contribution in [3.8, 4) is 0 Å². The average molecular weight is 260 g/mol. The number of methoxy groups -OCH3 is 1. The van der Waals surface area contributed by atoms with Crippen molar-refractivity contribution in [3.05, 3.63) is 33.9 Å². The highest BCUT2D eigenvalue weighted by Gasteiger charge is 2.21. The lowest BCUT2D eigenvalue weighted by Gasteiger charge is -2.07. The Hall–Kier alpha value is -2.25. The van der Waals surface area contributed by atoms with Crippen LogP contribution in [0.15, 0.2) is 12.1 Å². The summed E-state index contributed by atoms with van der Waals surface area (Å²) in [6.07, 6.45) is -0.121. The number of carbonyl (C=O) groups excluding carboxylic acids is 1. The molecule has 0 bridgehead atoms. The molecule has 0 fully saturated rings. The van der Waals surface area contributed by atoms with Crippen molar-refractivity contribution in [3.63, 3.8) is 0 Å². The number of nitrogens with one attached hydrogen (secondary N) is 1. The molecule has 6 nitrogen and oxygen atoms in total. The molecule has 1 N–H and O–H groups in total. The number of anilines is 1. The standard InChI is InChI=1S/C10H10F2N2O4/c1-18-8(15)4-5-13-10-7(14(16)17)3-2-6(11)9(10)12/h2-3,13H,4-5H2,1H3. The van der Waals surface area contributed by atoms with E-state index in [0.717, 1.165) is 6.07 Å². The highest BCUT2D eigenvalue weighted by Crippen LogP contribution is 2.28. The Morgan fingerprint density at radius 1 is 1.50 bits per heavy atom. The second-order valence-electron chi connectivity index (χ2n) is 3.27. The number of ether oxygens (including phenoxy) is 1. The minimum atomic E-state index is -1.35. The van der Waals surface area contributed by atoms with Crippen LogP contribution in [-0.2, 0) is 9.53 Å². The van der Waals surface area contributed by atoms with Crippen molar-refractivity contribution < 1.29 is 23.2 Å². The van der Waals surface area contributed by atoms with Crippen LogP contribution < -0.4 is 5.32 Å². The fourth-order valence-electron chi connectivity index (χ4n) is 1.25. The topological polar surface area (TPSA) is 81.5 Å². The monoisotopic (exact) mass is 260 g/mol. The molecule has 98 valence electrons. The molecule has 1 rings (SSSR count). The zero-order valence-electron chi connectivity index (χ0n) is 9.41. The molecule has 0 amide bonds. The molecule has 1 aromatic rings. The van der Waals surface area contributed by atoms with Crippen molar-refractivity contribution in [2.24, 2.45) is 0 Å². The number of nitrogens with zero attached hydrogens (tertiary/aromatic N) is 1. The first-order chi connectivity index (χ1) is 8.47. The maximum atomic E-state index is 13.4. The summed E-state index contributed by atoms with van der Waals surface area (Å²) in [6, 6.07) is 1.51. The van der Waals surface area contributed by atoms with E-state index in [1.165, 1.54) is 7.11 Å². The van der Waals surface area contributed by atoms with E-state index in [9.17, 15) is 23.7 Å². The Labute approximate surface area is 101 Å². The molecule has 0 heterocycles. The zero-order valence-corrected chi connectivity index (χ0v) is 9.41. The summed E-state index contributed by atoms with van der Waals surface area (Å²) in [7, 11) is 1.17. The van der Waals surface area contributed by atoms with Crippen LogP contribution in [0.25, 0.3) is 0 Å². The third-order valence-corrected chi connectivity index (χ3v) is 2.13. The lowest BCUT2D eigenvalue weighted by atomic mass is 10.2. The van der Waals surface area contributed by atoms with Gasteiger partial charge in [0.1, 0.15) is 0 Å². The largest absolute Gasteiger partial charge is 0.469 e. The average Bonchev–Trinajstić information content (AvgIpc) is 2.33. The first kappa shape index (κ1) is 13.8. The molecule has 0 aliphatic rings. The zero-order chi connectivity index (χ0) is 13.7. The summed E-state index contributed by atoms with van der Waals surface area (Å²) in [6.45, 7) is -0.103. The van der Waals surface area contributed by atoms with Gasteiger partial charge in [-0.1, -0.05) is 0 Å². The van der Waals surface area contributed by atoms with E-state index in [2.05, 4.69) is 10.1 Å². The normalized spacial score (nSPS) is 9.94. The van der Waals surface area contributed by atoms with E-state index >= 15 is 0 Å². The highest BCUT2D eigenvalue weighted by atomic mass is 19.2.